The van der Waals surface area contributed by atoms with Crippen LogP contribution in [0.2, 0.25) is 0 Å². The van der Waals surface area contributed by atoms with Gasteiger partial charge in [-0.15, -0.1) is 0 Å². The summed E-state index contributed by atoms with van der Waals surface area (Å²) in [7, 11) is 1.54. The predicted molar refractivity (Wildman–Crippen MR) is 101 cm³/mol. The molecule has 0 unspecified atom stereocenters. The lowest BCUT2D eigenvalue weighted by Gasteiger charge is -2.10. The van der Waals surface area contributed by atoms with E-state index in [0.29, 0.717) is 16.9 Å². The van der Waals surface area contributed by atoms with Crippen molar-refractivity contribution in [3.05, 3.63) is 39.7 Å². The number of fused-ring (bicyclic) bond motifs is 1. The molecule has 0 spiro atoms. The molecule has 0 fully saturated rings. The van der Waals surface area contributed by atoms with Crippen LogP contribution in [0.15, 0.2) is 27.4 Å². The van der Waals surface area contributed by atoms with Gasteiger partial charge in [0.25, 0.3) is 0 Å². The fourth-order valence-corrected chi connectivity index (χ4v) is 2.74. The van der Waals surface area contributed by atoms with Crippen molar-refractivity contribution in [3.63, 3.8) is 0 Å². The average Bonchev–Trinajstić information content (AvgIpc) is 2.60. The maximum absolute atomic E-state index is 12.3. The zero-order valence-electron chi connectivity index (χ0n) is 16.1. The predicted octanol–water partition coefficient (Wildman–Crippen LogP) is 2.50. The molecule has 0 radical (unpaired) electrons. The molecule has 146 valence electrons. The molecule has 0 aliphatic heterocycles. The number of ether oxygens (including phenoxy) is 2. The Morgan fingerprint density at radius 2 is 1.96 bits per heavy atom. The summed E-state index contributed by atoms with van der Waals surface area (Å²) < 4.78 is 15.5. The molecule has 27 heavy (non-hydrogen) atoms. The molecule has 1 N–H and O–H groups in total. The fourth-order valence-electron chi connectivity index (χ4n) is 2.74. The van der Waals surface area contributed by atoms with Crippen LogP contribution in [0, 0.1) is 6.92 Å². The van der Waals surface area contributed by atoms with Crippen molar-refractivity contribution in [1.29, 1.82) is 0 Å². The third-order valence-electron chi connectivity index (χ3n) is 4.12. The van der Waals surface area contributed by atoms with Crippen LogP contribution in [0.4, 0.5) is 0 Å². The Morgan fingerprint density at radius 1 is 1.22 bits per heavy atom. The normalized spacial score (nSPS) is 10.9. The van der Waals surface area contributed by atoms with Crippen LogP contribution in [-0.2, 0) is 20.7 Å². The summed E-state index contributed by atoms with van der Waals surface area (Å²) in [4.78, 5) is 35.7. The molecule has 1 aromatic heterocycles. The van der Waals surface area contributed by atoms with Crippen molar-refractivity contribution in [2.75, 3.05) is 13.7 Å². The number of carbonyl (C=O) groups is 2. The van der Waals surface area contributed by atoms with E-state index in [0.717, 1.165) is 10.9 Å². The van der Waals surface area contributed by atoms with E-state index in [1.165, 1.54) is 0 Å². The van der Waals surface area contributed by atoms with Gasteiger partial charge in [0.2, 0.25) is 5.91 Å². The van der Waals surface area contributed by atoms with Crippen molar-refractivity contribution in [2.24, 2.45) is 0 Å². The third-order valence-corrected chi connectivity index (χ3v) is 4.12. The van der Waals surface area contributed by atoms with Gasteiger partial charge < -0.3 is 19.2 Å². The van der Waals surface area contributed by atoms with Gasteiger partial charge >= 0.3 is 11.6 Å². The van der Waals surface area contributed by atoms with Gasteiger partial charge in [-0.1, -0.05) is 0 Å². The zero-order chi connectivity index (χ0) is 20.0. The lowest BCUT2D eigenvalue weighted by atomic mass is 10.0. The highest BCUT2D eigenvalue weighted by molar-refractivity contribution is 5.83. The number of esters is 1. The topological polar surface area (TPSA) is 94.8 Å². The molecular weight excluding hydrogens is 350 g/mol. The Morgan fingerprint density at radius 3 is 2.63 bits per heavy atom. The van der Waals surface area contributed by atoms with Gasteiger partial charge in [-0.05, 0) is 44.9 Å². The SMILES string of the molecule is COc1ccc2c(C)c(CCC(=O)NCCC(=O)OC(C)C)c(=O)oc2c1. The lowest BCUT2D eigenvalue weighted by molar-refractivity contribution is -0.147. The van der Waals surface area contributed by atoms with Crippen molar-refractivity contribution in [3.8, 4) is 5.75 Å². The lowest BCUT2D eigenvalue weighted by Crippen LogP contribution is -2.27. The van der Waals surface area contributed by atoms with E-state index in [1.807, 2.05) is 13.0 Å². The van der Waals surface area contributed by atoms with Crippen molar-refractivity contribution < 1.29 is 23.5 Å². The number of carbonyl (C=O) groups excluding carboxylic acids is 2. The van der Waals surface area contributed by atoms with Crippen LogP contribution in [0.5, 0.6) is 5.75 Å². The first-order chi connectivity index (χ1) is 12.8. The molecule has 0 bridgehead atoms. The smallest absolute Gasteiger partial charge is 0.339 e. The first-order valence-corrected chi connectivity index (χ1v) is 8.88. The van der Waals surface area contributed by atoms with Gasteiger partial charge in [-0.25, -0.2) is 4.79 Å². The minimum atomic E-state index is -0.457. The van der Waals surface area contributed by atoms with Gasteiger partial charge in [0.05, 0.1) is 19.6 Å². The molecule has 2 aromatic rings. The summed E-state index contributed by atoms with van der Waals surface area (Å²) in [6, 6.07) is 5.29. The van der Waals surface area contributed by atoms with Crippen LogP contribution < -0.4 is 15.7 Å². The average molecular weight is 375 g/mol. The summed E-state index contributed by atoms with van der Waals surface area (Å²) in [5.41, 5.74) is 1.26. The highest BCUT2D eigenvalue weighted by Gasteiger charge is 2.14. The quantitative estimate of drug-likeness (QED) is 0.563. The monoisotopic (exact) mass is 375 g/mol. The van der Waals surface area contributed by atoms with E-state index in [-0.39, 0.29) is 43.8 Å². The molecular formula is C20H25NO6. The van der Waals surface area contributed by atoms with E-state index < -0.39 is 5.63 Å². The molecule has 1 amide bonds. The van der Waals surface area contributed by atoms with Gasteiger partial charge in [0.15, 0.2) is 0 Å². The second-order valence-electron chi connectivity index (χ2n) is 6.49. The minimum Gasteiger partial charge on any atom is -0.497 e. The second kappa shape index (κ2) is 9.21. The van der Waals surface area contributed by atoms with Gasteiger partial charge in [0, 0.05) is 30.0 Å². The molecule has 0 saturated heterocycles. The maximum Gasteiger partial charge on any atom is 0.339 e. The Labute approximate surface area is 157 Å². The number of hydrogen-bond acceptors (Lipinski definition) is 6. The van der Waals surface area contributed by atoms with Crippen LogP contribution >= 0.6 is 0 Å². The van der Waals surface area contributed by atoms with E-state index >= 15 is 0 Å². The van der Waals surface area contributed by atoms with E-state index in [9.17, 15) is 14.4 Å². The number of amides is 1. The number of hydrogen-bond donors (Lipinski definition) is 1. The molecule has 2 rings (SSSR count). The standard InChI is InChI=1S/C20H25NO6/c1-12(2)26-19(23)9-10-21-18(22)8-7-16-13(3)15-6-5-14(25-4)11-17(15)27-20(16)24/h5-6,11-12H,7-10H2,1-4H3,(H,21,22). The minimum absolute atomic E-state index is 0.114. The number of nitrogens with one attached hydrogen (secondary N) is 1. The largest absolute Gasteiger partial charge is 0.497 e. The first-order valence-electron chi connectivity index (χ1n) is 8.88. The van der Waals surface area contributed by atoms with Gasteiger partial charge in [0.1, 0.15) is 11.3 Å². The molecule has 1 heterocycles. The Bertz CT molecular complexity index is 884. The van der Waals surface area contributed by atoms with E-state index in [2.05, 4.69) is 5.32 Å². The van der Waals surface area contributed by atoms with Crippen LogP contribution in [0.1, 0.15) is 37.8 Å². The molecule has 7 nitrogen and oxygen atoms in total. The third kappa shape index (κ3) is 5.57. The summed E-state index contributed by atoms with van der Waals surface area (Å²) in [6.45, 7) is 5.57. The Kier molecular flexibility index (Phi) is 6.98. The van der Waals surface area contributed by atoms with Crippen LogP contribution in [-0.4, -0.2) is 31.6 Å². The van der Waals surface area contributed by atoms with Crippen LogP contribution in [0.3, 0.4) is 0 Å². The van der Waals surface area contributed by atoms with E-state index in [4.69, 9.17) is 13.9 Å². The van der Waals surface area contributed by atoms with Gasteiger partial charge in [-0.3, -0.25) is 9.59 Å². The van der Waals surface area contributed by atoms with E-state index in [1.54, 1.807) is 33.1 Å². The second-order valence-corrected chi connectivity index (χ2v) is 6.49. The molecule has 0 aliphatic rings. The van der Waals surface area contributed by atoms with Crippen molar-refractivity contribution >= 4 is 22.8 Å². The first kappa shape index (κ1) is 20.5. The molecule has 0 aliphatic carbocycles. The van der Waals surface area contributed by atoms with Crippen molar-refractivity contribution in [2.45, 2.75) is 46.1 Å². The summed E-state index contributed by atoms with van der Waals surface area (Å²) in [5, 5.41) is 3.47. The molecule has 0 saturated carbocycles. The zero-order valence-corrected chi connectivity index (χ0v) is 16.1. The number of benzene rings is 1. The van der Waals surface area contributed by atoms with Gasteiger partial charge in [-0.2, -0.15) is 0 Å². The highest BCUT2D eigenvalue weighted by atomic mass is 16.5. The summed E-state index contributed by atoms with van der Waals surface area (Å²) in [5.74, 6) is 0.0147. The van der Waals surface area contributed by atoms with Crippen LogP contribution in [0.25, 0.3) is 11.0 Å². The summed E-state index contributed by atoms with van der Waals surface area (Å²) >= 11 is 0. The number of rotatable bonds is 8. The number of aryl methyl sites for hydroxylation is 1. The fraction of sp³-hybridized carbons (Fsp3) is 0.450. The van der Waals surface area contributed by atoms with Crippen molar-refractivity contribution in [1.82, 2.24) is 5.32 Å². The summed E-state index contributed by atoms with van der Waals surface area (Å²) in [6.07, 6.45) is 0.330. The number of methoxy groups -OCH3 is 1. The molecule has 1 aromatic carbocycles. The molecule has 7 heteroatoms. The highest BCUT2D eigenvalue weighted by Crippen LogP contribution is 2.24. The molecule has 0 atom stereocenters. The Balaban J connectivity index is 1.97. The maximum atomic E-state index is 12.3. The Hall–Kier alpha value is -2.83.